The van der Waals surface area contributed by atoms with E-state index in [1.165, 1.54) is 25.1 Å². The third-order valence-electron chi connectivity index (χ3n) is 10.6. The fraction of sp³-hybridized carbons (Fsp3) is 0.600. The summed E-state index contributed by atoms with van der Waals surface area (Å²) in [5.74, 6) is -5.31. The molecule has 2 N–H and O–H groups in total. The first-order valence-electron chi connectivity index (χ1n) is 13.9. The summed E-state index contributed by atoms with van der Waals surface area (Å²) in [5, 5.41) is 21.6. The molecule has 1 aliphatic heterocycles. The van der Waals surface area contributed by atoms with Crippen LogP contribution < -0.4 is 4.74 Å². The lowest BCUT2D eigenvalue weighted by molar-refractivity contribution is -0.235. The summed E-state index contributed by atoms with van der Waals surface area (Å²) in [4.78, 5) is 25.6. The number of ketones is 2. The number of hydrogen-bond donors (Lipinski definition) is 2. The predicted octanol–water partition coefficient (Wildman–Crippen LogP) is 4.41. The molecule has 6 rings (SSSR count). The number of fused-ring (bicyclic) bond motifs is 7. The lowest BCUT2D eigenvalue weighted by atomic mass is 9.44. The molecule has 0 spiro atoms. The van der Waals surface area contributed by atoms with Crippen molar-refractivity contribution >= 4 is 11.6 Å². The number of aliphatic hydroxyl groups excluding tert-OH is 2. The molecule has 4 fully saturated rings. The van der Waals surface area contributed by atoms with Gasteiger partial charge in [-0.25, -0.2) is 13.2 Å². The SMILES string of the molecule is C[C@]12C=CC(=O)C=C1[C@@H](F)C[C@H]1[C@@H]3C[C@H]4O[C@@H](c5cccc(OCC(F)(F)F)c5F)O[C@@]4(C(=O)CO)[C@@]3(C)C[C@H](O)[C@@]12F. The van der Waals surface area contributed by atoms with Crippen LogP contribution in [-0.2, 0) is 19.1 Å². The molecule has 7 nitrogen and oxygen atoms in total. The number of carbonyl (C=O) groups excluding carboxylic acids is 2. The molecule has 1 heterocycles. The largest absolute Gasteiger partial charge is 0.481 e. The standard InChI is InChI=1S/C30H30F6O7/c1-26-7-6-14(38)8-18(26)19(31)9-17-16-10-23-30(22(40)12-37,27(16,2)11-21(39)29(17,26)36)43-25(42-23)15-4-3-5-20(24(15)32)41-13-28(33,34)35/h3-8,16-17,19,21,23,25,37,39H,9-13H2,1-2H3/t16-,17-,19-,21-,23+,25+,26-,27-,29-,30+/m0/s1. The highest BCUT2D eigenvalue weighted by atomic mass is 19.4. The summed E-state index contributed by atoms with van der Waals surface area (Å²) < 4.78 is 103. The molecule has 4 aliphatic carbocycles. The second-order valence-corrected chi connectivity index (χ2v) is 12.5. The molecule has 1 aromatic carbocycles. The van der Waals surface area contributed by atoms with Crippen LogP contribution in [0.5, 0.6) is 5.75 Å². The van der Waals surface area contributed by atoms with Gasteiger partial charge in [-0.05, 0) is 55.9 Å². The van der Waals surface area contributed by atoms with Crippen LogP contribution in [0.4, 0.5) is 26.3 Å². The van der Waals surface area contributed by atoms with E-state index < -0.39 is 108 Å². The number of hydrogen-bond acceptors (Lipinski definition) is 7. The van der Waals surface area contributed by atoms with E-state index in [4.69, 9.17) is 9.47 Å². The van der Waals surface area contributed by atoms with E-state index in [1.807, 2.05) is 0 Å². The van der Waals surface area contributed by atoms with E-state index in [9.17, 15) is 33.0 Å². The monoisotopic (exact) mass is 616 g/mol. The van der Waals surface area contributed by atoms with Crippen LogP contribution in [0.25, 0.3) is 0 Å². The Morgan fingerprint density at radius 3 is 2.58 bits per heavy atom. The lowest BCUT2D eigenvalue weighted by Crippen LogP contribution is -2.70. The highest BCUT2D eigenvalue weighted by Crippen LogP contribution is 2.72. The van der Waals surface area contributed by atoms with Gasteiger partial charge in [0.1, 0.15) is 12.8 Å². The predicted molar refractivity (Wildman–Crippen MR) is 135 cm³/mol. The second kappa shape index (κ2) is 9.63. The average Bonchev–Trinajstić information content (AvgIpc) is 3.43. The van der Waals surface area contributed by atoms with Crippen molar-refractivity contribution in [3.8, 4) is 5.75 Å². The molecule has 0 amide bonds. The fourth-order valence-electron chi connectivity index (χ4n) is 8.69. The Morgan fingerprint density at radius 1 is 1.19 bits per heavy atom. The van der Waals surface area contributed by atoms with Crippen LogP contribution in [0.1, 0.15) is 45.0 Å². The molecule has 3 saturated carbocycles. The van der Waals surface area contributed by atoms with Crippen LogP contribution in [0.3, 0.4) is 0 Å². The van der Waals surface area contributed by atoms with Crippen molar-refractivity contribution in [2.24, 2.45) is 22.7 Å². The third-order valence-corrected chi connectivity index (χ3v) is 10.6. The van der Waals surface area contributed by atoms with Gasteiger partial charge < -0.3 is 24.4 Å². The molecule has 10 atom stereocenters. The van der Waals surface area contributed by atoms with Crippen LogP contribution >= 0.6 is 0 Å². The summed E-state index contributed by atoms with van der Waals surface area (Å²) >= 11 is 0. The summed E-state index contributed by atoms with van der Waals surface area (Å²) in [6.45, 7) is 0.180. The minimum atomic E-state index is -4.73. The number of benzene rings is 1. The van der Waals surface area contributed by atoms with E-state index in [1.54, 1.807) is 6.92 Å². The van der Waals surface area contributed by atoms with Gasteiger partial charge in [0.05, 0.1) is 12.2 Å². The molecule has 0 radical (unpaired) electrons. The van der Waals surface area contributed by atoms with Gasteiger partial charge in [-0.3, -0.25) is 9.59 Å². The number of halogens is 6. The topological polar surface area (TPSA) is 102 Å². The normalized spacial score (nSPS) is 43.4. The van der Waals surface area contributed by atoms with Gasteiger partial charge in [-0.15, -0.1) is 0 Å². The number of ether oxygens (including phenoxy) is 3. The molecule has 0 aromatic heterocycles. The third kappa shape index (κ3) is 3.96. The van der Waals surface area contributed by atoms with Crippen molar-refractivity contribution in [3.05, 3.63) is 53.4 Å². The van der Waals surface area contributed by atoms with Gasteiger partial charge in [-0.2, -0.15) is 13.2 Å². The van der Waals surface area contributed by atoms with Crippen LogP contribution in [0.2, 0.25) is 0 Å². The molecule has 1 saturated heterocycles. The van der Waals surface area contributed by atoms with E-state index in [0.29, 0.717) is 0 Å². The summed E-state index contributed by atoms with van der Waals surface area (Å²) in [7, 11) is 0. The van der Waals surface area contributed by atoms with Crippen molar-refractivity contribution in [2.75, 3.05) is 13.2 Å². The first-order valence-corrected chi connectivity index (χ1v) is 13.9. The smallest absolute Gasteiger partial charge is 0.422 e. The van der Waals surface area contributed by atoms with Crippen molar-refractivity contribution in [1.82, 2.24) is 0 Å². The zero-order chi connectivity index (χ0) is 31.3. The Hall–Kier alpha value is -2.74. The van der Waals surface area contributed by atoms with E-state index >= 15 is 13.2 Å². The number of allylic oxidation sites excluding steroid dienone is 4. The molecule has 0 bridgehead atoms. The minimum Gasteiger partial charge on any atom is -0.481 e. The minimum absolute atomic E-state index is 0.0728. The molecule has 1 aromatic rings. The Kier molecular flexibility index (Phi) is 6.78. The van der Waals surface area contributed by atoms with Gasteiger partial charge in [-0.1, -0.05) is 25.1 Å². The van der Waals surface area contributed by atoms with Crippen molar-refractivity contribution < 1.29 is 60.4 Å². The van der Waals surface area contributed by atoms with Gasteiger partial charge in [0, 0.05) is 22.3 Å². The molecule has 0 unspecified atom stereocenters. The molecule has 234 valence electrons. The van der Waals surface area contributed by atoms with E-state index in [2.05, 4.69) is 4.74 Å². The van der Waals surface area contributed by atoms with Gasteiger partial charge in [0.25, 0.3) is 0 Å². The van der Waals surface area contributed by atoms with Crippen molar-refractivity contribution in [2.45, 2.75) is 75.2 Å². The number of carbonyl (C=O) groups is 2. The molecular weight excluding hydrogens is 586 g/mol. The second-order valence-electron chi connectivity index (χ2n) is 12.5. The highest BCUT2D eigenvalue weighted by molar-refractivity contribution is 6.01. The number of alkyl halides is 5. The fourth-order valence-corrected chi connectivity index (χ4v) is 8.69. The van der Waals surface area contributed by atoms with Gasteiger partial charge in [0.2, 0.25) is 0 Å². The zero-order valence-corrected chi connectivity index (χ0v) is 23.2. The maximum atomic E-state index is 17.4. The Bertz CT molecular complexity index is 1430. The van der Waals surface area contributed by atoms with Gasteiger partial charge >= 0.3 is 6.18 Å². The molecule has 5 aliphatic rings. The lowest BCUT2D eigenvalue weighted by Gasteiger charge is -2.63. The molecular formula is C30H30F6O7. The van der Waals surface area contributed by atoms with Crippen LogP contribution in [0, 0.1) is 28.5 Å². The van der Waals surface area contributed by atoms with E-state index in [-0.39, 0.29) is 24.0 Å². The van der Waals surface area contributed by atoms with E-state index in [0.717, 1.165) is 18.2 Å². The number of aliphatic hydroxyl groups is 2. The van der Waals surface area contributed by atoms with Crippen LogP contribution in [0.15, 0.2) is 42.0 Å². The van der Waals surface area contributed by atoms with Gasteiger partial charge in [0.15, 0.2) is 47.3 Å². The first kappa shape index (κ1) is 30.3. The first-order chi connectivity index (χ1) is 20.0. The maximum absolute atomic E-state index is 17.4. The Labute approximate surface area is 242 Å². The summed E-state index contributed by atoms with van der Waals surface area (Å²) in [6, 6.07) is 3.38. The van der Waals surface area contributed by atoms with Crippen LogP contribution in [-0.4, -0.2) is 70.8 Å². The number of Topliss-reactive ketones (excluding diaryl/α,β-unsaturated/α-hetero) is 1. The summed E-state index contributed by atoms with van der Waals surface area (Å²) in [6.07, 6.45) is -8.47. The Morgan fingerprint density at radius 2 is 1.91 bits per heavy atom. The zero-order valence-electron chi connectivity index (χ0n) is 23.2. The summed E-state index contributed by atoms with van der Waals surface area (Å²) in [5.41, 5.74) is -8.03. The quantitative estimate of drug-likeness (QED) is 0.473. The Balaban J connectivity index is 1.39. The molecule has 13 heteroatoms. The average molecular weight is 617 g/mol. The maximum Gasteiger partial charge on any atom is 0.422 e. The molecule has 43 heavy (non-hydrogen) atoms. The highest BCUT2D eigenvalue weighted by Gasteiger charge is 2.80. The van der Waals surface area contributed by atoms with Crippen molar-refractivity contribution in [3.63, 3.8) is 0 Å². The number of rotatable bonds is 5. The van der Waals surface area contributed by atoms with Crippen molar-refractivity contribution in [1.29, 1.82) is 0 Å².